The Hall–Kier alpha value is -8.20. The number of rotatable bonds is 9. The molecule has 0 aliphatic heterocycles. The molecule has 11 rings (SSSR count). The molecule has 0 unspecified atom stereocenters. The van der Waals surface area contributed by atoms with E-state index >= 15 is 0 Å². The van der Waals surface area contributed by atoms with Gasteiger partial charge in [-0.25, -0.2) is 0 Å². The van der Waals surface area contributed by atoms with Gasteiger partial charge in [-0.15, -0.1) is 0 Å². The number of furan rings is 1. The summed E-state index contributed by atoms with van der Waals surface area (Å²) in [5.41, 5.74) is 16.8. The van der Waals surface area contributed by atoms with Crippen LogP contribution in [0.1, 0.15) is 0 Å². The molecule has 0 spiro atoms. The molecule has 0 saturated carbocycles. The molecule has 0 bridgehead atoms. The molecule has 0 amide bonds. The molecule has 292 valence electrons. The molecular formula is C60H41NO. The molecule has 0 N–H and O–H groups in total. The Morgan fingerprint density at radius 1 is 0.258 bits per heavy atom. The van der Waals surface area contributed by atoms with Crippen LogP contribution in [0.15, 0.2) is 253 Å². The van der Waals surface area contributed by atoms with Gasteiger partial charge in [0.15, 0.2) is 0 Å². The van der Waals surface area contributed by atoms with Crippen LogP contribution in [-0.2, 0) is 0 Å². The SMILES string of the molecule is c1ccc(-c2ccc(-c3ccc(N(c4ccc(-c5cccc(-c6oc7ccccc7c6-c6ccccc6)c5)cc4)c4cccc(-c5ccc6ccccc6c5)c4)cc3)cc2)cc1. The maximum absolute atomic E-state index is 6.60. The molecule has 2 nitrogen and oxygen atoms in total. The van der Waals surface area contributed by atoms with Crippen LogP contribution in [0.3, 0.4) is 0 Å². The third-order valence-corrected chi connectivity index (χ3v) is 11.9. The Morgan fingerprint density at radius 3 is 1.39 bits per heavy atom. The summed E-state index contributed by atoms with van der Waals surface area (Å²) in [5.74, 6) is 0.879. The van der Waals surface area contributed by atoms with E-state index in [-0.39, 0.29) is 0 Å². The normalized spacial score (nSPS) is 11.2. The first-order valence-electron chi connectivity index (χ1n) is 21.2. The third-order valence-electron chi connectivity index (χ3n) is 11.9. The second-order valence-electron chi connectivity index (χ2n) is 15.7. The molecule has 0 aliphatic rings. The molecule has 0 fully saturated rings. The summed E-state index contributed by atoms with van der Waals surface area (Å²) in [6, 6.07) is 88.9. The molecule has 0 saturated heterocycles. The smallest absolute Gasteiger partial charge is 0.143 e. The van der Waals surface area contributed by atoms with Gasteiger partial charge in [-0.3, -0.25) is 0 Å². The van der Waals surface area contributed by atoms with E-state index in [0.717, 1.165) is 61.6 Å². The van der Waals surface area contributed by atoms with E-state index in [4.69, 9.17) is 4.42 Å². The van der Waals surface area contributed by atoms with Crippen LogP contribution in [-0.4, -0.2) is 0 Å². The highest BCUT2D eigenvalue weighted by Gasteiger charge is 2.19. The van der Waals surface area contributed by atoms with Crippen LogP contribution >= 0.6 is 0 Å². The number of fused-ring (bicyclic) bond motifs is 2. The predicted octanol–water partition coefficient (Wildman–Crippen LogP) is 17.1. The van der Waals surface area contributed by atoms with Crippen LogP contribution < -0.4 is 4.90 Å². The maximum atomic E-state index is 6.60. The van der Waals surface area contributed by atoms with Crippen molar-refractivity contribution in [3.05, 3.63) is 249 Å². The van der Waals surface area contributed by atoms with Gasteiger partial charge in [0, 0.05) is 33.6 Å². The maximum Gasteiger partial charge on any atom is 0.143 e. The summed E-state index contributed by atoms with van der Waals surface area (Å²) in [6.07, 6.45) is 0. The lowest BCUT2D eigenvalue weighted by Gasteiger charge is -2.26. The van der Waals surface area contributed by atoms with E-state index < -0.39 is 0 Å². The fourth-order valence-corrected chi connectivity index (χ4v) is 8.71. The average Bonchev–Trinajstić information content (AvgIpc) is 3.75. The molecule has 0 aliphatic carbocycles. The van der Waals surface area contributed by atoms with Gasteiger partial charge in [-0.1, -0.05) is 194 Å². The van der Waals surface area contributed by atoms with Crippen molar-refractivity contribution >= 4 is 38.8 Å². The minimum absolute atomic E-state index is 0.879. The number of benzene rings is 10. The predicted molar refractivity (Wildman–Crippen MR) is 261 cm³/mol. The van der Waals surface area contributed by atoms with E-state index in [2.05, 4.69) is 241 Å². The lowest BCUT2D eigenvalue weighted by Crippen LogP contribution is -2.10. The van der Waals surface area contributed by atoms with Gasteiger partial charge >= 0.3 is 0 Å². The van der Waals surface area contributed by atoms with Gasteiger partial charge in [-0.2, -0.15) is 0 Å². The second-order valence-corrected chi connectivity index (χ2v) is 15.7. The van der Waals surface area contributed by atoms with Gasteiger partial charge in [0.1, 0.15) is 11.3 Å². The molecular weight excluding hydrogens is 751 g/mol. The zero-order chi connectivity index (χ0) is 41.2. The van der Waals surface area contributed by atoms with Crippen molar-refractivity contribution in [1.82, 2.24) is 0 Å². The Labute approximate surface area is 362 Å². The highest BCUT2D eigenvalue weighted by Crippen LogP contribution is 2.43. The second kappa shape index (κ2) is 16.1. The first-order valence-corrected chi connectivity index (χ1v) is 21.2. The van der Waals surface area contributed by atoms with Crippen molar-refractivity contribution in [3.63, 3.8) is 0 Å². The van der Waals surface area contributed by atoms with Crippen LogP contribution in [0.4, 0.5) is 17.1 Å². The summed E-state index contributed by atoms with van der Waals surface area (Å²) in [4.78, 5) is 2.35. The van der Waals surface area contributed by atoms with Gasteiger partial charge in [-0.05, 0) is 115 Å². The number of para-hydroxylation sites is 1. The Kier molecular flexibility index (Phi) is 9.57. The van der Waals surface area contributed by atoms with Crippen molar-refractivity contribution in [1.29, 1.82) is 0 Å². The van der Waals surface area contributed by atoms with Gasteiger partial charge in [0.2, 0.25) is 0 Å². The first kappa shape index (κ1) is 36.8. The summed E-state index contributed by atoms with van der Waals surface area (Å²) in [7, 11) is 0. The topological polar surface area (TPSA) is 16.4 Å². The highest BCUT2D eigenvalue weighted by molar-refractivity contribution is 6.02. The van der Waals surface area contributed by atoms with Crippen molar-refractivity contribution in [2.45, 2.75) is 0 Å². The fourth-order valence-electron chi connectivity index (χ4n) is 8.71. The highest BCUT2D eigenvalue weighted by atomic mass is 16.3. The third kappa shape index (κ3) is 7.14. The summed E-state index contributed by atoms with van der Waals surface area (Å²) in [6.45, 7) is 0. The molecule has 1 aromatic heterocycles. The molecule has 11 aromatic rings. The van der Waals surface area contributed by atoms with E-state index in [1.807, 2.05) is 12.1 Å². The van der Waals surface area contributed by atoms with E-state index in [1.54, 1.807) is 0 Å². The van der Waals surface area contributed by atoms with Gasteiger partial charge in [0.25, 0.3) is 0 Å². The molecule has 62 heavy (non-hydrogen) atoms. The molecule has 0 atom stereocenters. The summed E-state index contributed by atoms with van der Waals surface area (Å²) < 4.78 is 6.60. The molecule has 2 heteroatoms. The summed E-state index contributed by atoms with van der Waals surface area (Å²) in [5, 5.41) is 3.59. The molecule has 0 radical (unpaired) electrons. The Balaban J connectivity index is 0.957. The molecule has 1 heterocycles. The van der Waals surface area contributed by atoms with E-state index in [9.17, 15) is 0 Å². The van der Waals surface area contributed by atoms with Crippen LogP contribution in [0, 0.1) is 0 Å². The minimum atomic E-state index is 0.879. The lowest BCUT2D eigenvalue weighted by atomic mass is 9.96. The monoisotopic (exact) mass is 791 g/mol. The number of nitrogens with zero attached hydrogens (tertiary/aromatic N) is 1. The van der Waals surface area contributed by atoms with Gasteiger partial charge in [0.05, 0.1) is 0 Å². The van der Waals surface area contributed by atoms with Crippen molar-refractivity contribution in [3.8, 4) is 67.0 Å². The number of anilines is 3. The van der Waals surface area contributed by atoms with E-state index in [0.29, 0.717) is 0 Å². The quantitative estimate of drug-likeness (QED) is 0.145. The van der Waals surface area contributed by atoms with Gasteiger partial charge < -0.3 is 9.32 Å². The Morgan fingerprint density at radius 2 is 0.710 bits per heavy atom. The van der Waals surface area contributed by atoms with E-state index in [1.165, 1.54) is 44.2 Å². The van der Waals surface area contributed by atoms with Crippen LogP contribution in [0.25, 0.3) is 88.7 Å². The van der Waals surface area contributed by atoms with Crippen molar-refractivity contribution in [2.75, 3.05) is 4.90 Å². The minimum Gasteiger partial charge on any atom is -0.455 e. The van der Waals surface area contributed by atoms with Crippen LogP contribution in [0.2, 0.25) is 0 Å². The zero-order valence-corrected chi connectivity index (χ0v) is 34.0. The molecule has 10 aromatic carbocycles. The van der Waals surface area contributed by atoms with Crippen molar-refractivity contribution in [2.24, 2.45) is 0 Å². The first-order chi connectivity index (χ1) is 30.7. The lowest BCUT2D eigenvalue weighted by molar-refractivity contribution is 0.632. The van der Waals surface area contributed by atoms with Crippen molar-refractivity contribution < 1.29 is 4.42 Å². The average molecular weight is 792 g/mol. The standard InChI is InChI=1S/C60H41NO/c1-3-13-42(14-4-1)44-25-27-45(28-26-44)46-31-35-54(36-32-46)61(56-22-12-20-51(41-56)52-30-29-43-15-7-8-18-49(43)39-52)55-37-33-47(34-38-55)50-19-11-21-53(40-50)60-59(48-16-5-2-6-17-48)57-23-9-10-24-58(57)62-60/h1-41H. The largest absolute Gasteiger partial charge is 0.455 e. The zero-order valence-electron chi connectivity index (χ0n) is 34.0. The number of hydrogen-bond acceptors (Lipinski definition) is 2. The van der Waals surface area contributed by atoms with Crippen LogP contribution in [0.5, 0.6) is 0 Å². The number of hydrogen-bond donors (Lipinski definition) is 0. The Bertz CT molecular complexity index is 3310. The fraction of sp³-hybridized carbons (Fsp3) is 0. The summed E-state index contributed by atoms with van der Waals surface area (Å²) >= 11 is 0.